The Morgan fingerprint density at radius 3 is 2.53 bits per heavy atom. The molecule has 9 heteroatoms. The van der Waals surface area contributed by atoms with Gasteiger partial charge in [-0.15, -0.1) is 0 Å². The van der Waals surface area contributed by atoms with Crippen molar-refractivity contribution in [1.29, 1.82) is 0 Å². The Hall–Kier alpha value is -1.90. The number of amides is 1. The predicted octanol–water partition coefficient (Wildman–Crippen LogP) is 0.515. The van der Waals surface area contributed by atoms with Gasteiger partial charge in [-0.2, -0.15) is 13.2 Å². The maximum Gasteiger partial charge on any atom is 0.406 e. The fraction of sp³-hybridized carbons (Fsp3) is 0.500. The number of hydrogen-bond acceptors (Lipinski definition) is 5. The number of anilines is 1. The molecule has 1 heterocycles. The molecule has 0 radical (unpaired) electrons. The zero-order valence-corrected chi connectivity index (χ0v) is 10.1. The number of aliphatic hydroxyl groups is 1. The number of hydrogen-bond donors (Lipinski definition) is 2. The van der Waals surface area contributed by atoms with Crippen molar-refractivity contribution >= 4 is 11.7 Å². The molecule has 0 aliphatic rings. The molecule has 1 amide bonds. The number of nitrogens with zero attached hydrogens (tertiary/aromatic N) is 3. The van der Waals surface area contributed by atoms with Gasteiger partial charge in [-0.3, -0.25) is 4.79 Å². The van der Waals surface area contributed by atoms with Crippen LogP contribution in [0.4, 0.5) is 19.0 Å². The monoisotopic (exact) mass is 278 g/mol. The topological polar surface area (TPSA) is 78.4 Å². The Kier molecular flexibility index (Phi) is 5.04. The molecule has 0 saturated heterocycles. The molecule has 2 N–H and O–H groups in total. The number of rotatable bonds is 5. The maximum atomic E-state index is 12.3. The highest BCUT2D eigenvalue weighted by Gasteiger charge is 2.33. The highest BCUT2D eigenvalue weighted by molar-refractivity contribution is 5.92. The minimum atomic E-state index is -4.54. The third-order valence-corrected chi connectivity index (χ3v) is 2.15. The summed E-state index contributed by atoms with van der Waals surface area (Å²) in [5.74, 6) is -0.539. The third kappa shape index (κ3) is 4.70. The van der Waals surface area contributed by atoms with Gasteiger partial charge in [0.1, 0.15) is 18.1 Å². The molecule has 0 saturated carbocycles. The van der Waals surface area contributed by atoms with E-state index in [1.54, 1.807) is 7.05 Å². The summed E-state index contributed by atoms with van der Waals surface area (Å²) in [7, 11) is 1.59. The zero-order chi connectivity index (χ0) is 14.5. The Morgan fingerprint density at radius 1 is 1.42 bits per heavy atom. The molecule has 1 rings (SSSR count). The average molecular weight is 278 g/mol. The summed E-state index contributed by atoms with van der Waals surface area (Å²) in [5.41, 5.74) is -0.211. The molecule has 1 aromatic heterocycles. The second kappa shape index (κ2) is 6.32. The van der Waals surface area contributed by atoms with Crippen molar-refractivity contribution < 1.29 is 23.1 Å². The van der Waals surface area contributed by atoms with E-state index < -0.39 is 31.8 Å². The lowest BCUT2D eigenvalue weighted by Gasteiger charge is -2.22. The summed E-state index contributed by atoms with van der Waals surface area (Å²) >= 11 is 0. The summed E-state index contributed by atoms with van der Waals surface area (Å²) in [6.07, 6.45) is -2.23. The van der Waals surface area contributed by atoms with Crippen molar-refractivity contribution in [3.8, 4) is 0 Å². The Bertz CT molecular complexity index is 422. The number of aromatic nitrogens is 2. The molecule has 6 nitrogen and oxygen atoms in total. The number of carbonyl (C=O) groups excluding carboxylic acids is 1. The smallest absolute Gasteiger partial charge is 0.395 e. The first-order valence-corrected chi connectivity index (χ1v) is 5.34. The molecule has 19 heavy (non-hydrogen) atoms. The normalized spacial score (nSPS) is 11.2. The first-order chi connectivity index (χ1) is 8.87. The fourth-order valence-corrected chi connectivity index (χ4v) is 1.32. The van der Waals surface area contributed by atoms with E-state index in [-0.39, 0.29) is 5.69 Å². The van der Waals surface area contributed by atoms with Crippen LogP contribution < -0.4 is 5.32 Å². The van der Waals surface area contributed by atoms with Gasteiger partial charge in [-0.25, -0.2) is 9.97 Å². The van der Waals surface area contributed by atoms with Crippen molar-refractivity contribution in [2.45, 2.75) is 6.18 Å². The highest BCUT2D eigenvalue weighted by atomic mass is 19.4. The summed E-state index contributed by atoms with van der Waals surface area (Å²) in [5, 5.41) is 11.4. The van der Waals surface area contributed by atoms with Gasteiger partial charge in [0.25, 0.3) is 5.91 Å². The molecule has 106 valence electrons. The van der Waals surface area contributed by atoms with Gasteiger partial charge < -0.3 is 15.3 Å². The summed E-state index contributed by atoms with van der Waals surface area (Å²) in [4.78, 5) is 19.8. The predicted molar refractivity (Wildman–Crippen MR) is 60.6 cm³/mol. The van der Waals surface area contributed by atoms with Crippen LogP contribution in [0, 0.1) is 0 Å². The molecule has 0 fully saturated rings. The van der Waals surface area contributed by atoms with Gasteiger partial charge in [0.05, 0.1) is 19.0 Å². The number of halogens is 3. The van der Waals surface area contributed by atoms with E-state index in [1.807, 2.05) is 0 Å². The van der Waals surface area contributed by atoms with E-state index in [0.717, 1.165) is 6.20 Å². The quantitative estimate of drug-likeness (QED) is 0.820. The lowest BCUT2D eigenvalue weighted by molar-refractivity contribution is -0.141. The van der Waals surface area contributed by atoms with Gasteiger partial charge in [-0.05, 0) is 0 Å². The van der Waals surface area contributed by atoms with E-state index in [2.05, 4.69) is 15.3 Å². The largest absolute Gasteiger partial charge is 0.406 e. The highest BCUT2D eigenvalue weighted by Crippen LogP contribution is 2.17. The first-order valence-electron chi connectivity index (χ1n) is 5.34. The molecule has 0 unspecified atom stereocenters. The SMILES string of the molecule is CNc1cnc(C(=O)N(CCO)CC(F)(F)F)cn1. The number of aliphatic hydroxyl groups excluding tert-OH is 1. The van der Waals surface area contributed by atoms with Crippen LogP contribution in [0.2, 0.25) is 0 Å². The second-order valence-electron chi connectivity index (χ2n) is 3.60. The van der Waals surface area contributed by atoms with Crippen LogP contribution >= 0.6 is 0 Å². The van der Waals surface area contributed by atoms with Crippen molar-refractivity contribution in [3.05, 3.63) is 18.1 Å². The standard InChI is InChI=1S/C10H13F3N4O2/c1-14-8-5-15-7(4-16-8)9(19)17(2-3-18)6-10(11,12)13/h4-5,18H,2-3,6H2,1H3,(H,14,16). The molecule has 0 aromatic carbocycles. The summed E-state index contributed by atoms with van der Waals surface area (Å²) in [6, 6.07) is 0. The number of alkyl halides is 3. The Morgan fingerprint density at radius 2 is 2.11 bits per heavy atom. The third-order valence-electron chi connectivity index (χ3n) is 2.15. The zero-order valence-electron chi connectivity index (χ0n) is 10.1. The Balaban J connectivity index is 2.85. The lowest BCUT2D eigenvalue weighted by Crippen LogP contribution is -2.41. The van der Waals surface area contributed by atoms with E-state index in [1.165, 1.54) is 6.20 Å². The van der Waals surface area contributed by atoms with Crippen LogP contribution in [0.3, 0.4) is 0 Å². The van der Waals surface area contributed by atoms with E-state index in [0.29, 0.717) is 10.7 Å². The second-order valence-corrected chi connectivity index (χ2v) is 3.60. The average Bonchev–Trinajstić information content (AvgIpc) is 2.36. The van der Waals surface area contributed by atoms with Crippen molar-refractivity contribution in [2.75, 3.05) is 32.1 Å². The molecule has 0 spiro atoms. The van der Waals surface area contributed by atoms with Crippen LogP contribution in [0.25, 0.3) is 0 Å². The van der Waals surface area contributed by atoms with Crippen LogP contribution in [0.5, 0.6) is 0 Å². The van der Waals surface area contributed by atoms with Gasteiger partial charge >= 0.3 is 6.18 Å². The molecular weight excluding hydrogens is 265 g/mol. The molecule has 1 aromatic rings. The van der Waals surface area contributed by atoms with Crippen molar-refractivity contribution in [3.63, 3.8) is 0 Å². The maximum absolute atomic E-state index is 12.3. The minimum absolute atomic E-state index is 0.211. The van der Waals surface area contributed by atoms with Gasteiger partial charge in [-0.1, -0.05) is 0 Å². The molecule has 0 bridgehead atoms. The molecule has 0 aliphatic heterocycles. The van der Waals surface area contributed by atoms with Crippen LogP contribution in [0.15, 0.2) is 12.4 Å². The molecular formula is C10H13F3N4O2. The fourth-order valence-electron chi connectivity index (χ4n) is 1.32. The minimum Gasteiger partial charge on any atom is -0.395 e. The lowest BCUT2D eigenvalue weighted by atomic mass is 10.3. The molecule has 0 aliphatic carbocycles. The van der Waals surface area contributed by atoms with Crippen molar-refractivity contribution in [2.24, 2.45) is 0 Å². The van der Waals surface area contributed by atoms with Gasteiger partial charge in [0.15, 0.2) is 0 Å². The van der Waals surface area contributed by atoms with Crippen LogP contribution in [-0.4, -0.2) is 58.8 Å². The summed E-state index contributed by atoms with van der Waals surface area (Å²) in [6.45, 7) is -2.43. The summed E-state index contributed by atoms with van der Waals surface area (Å²) < 4.78 is 36.9. The van der Waals surface area contributed by atoms with E-state index >= 15 is 0 Å². The van der Waals surface area contributed by atoms with Crippen LogP contribution in [0.1, 0.15) is 10.5 Å². The van der Waals surface area contributed by atoms with E-state index in [4.69, 9.17) is 5.11 Å². The van der Waals surface area contributed by atoms with Crippen LogP contribution in [-0.2, 0) is 0 Å². The van der Waals surface area contributed by atoms with Gasteiger partial charge in [0, 0.05) is 13.6 Å². The number of nitrogens with one attached hydrogen (secondary N) is 1. The van der Waals surface area contributed by atoms with Gasteiger partial charge in [0.2, 0.25) is 0 Å². The van der Waals surface area contributed by atoms with Crippen molar-refractivity contribution in [1.82, 2.24) is 14.9 Å². The first kappa shape index (κ1) is 15.2. The number of carbonyl (C=O) groups is 1. The molecule has 0 atom stereocenters. The Labute approximate surface area is 107 Å². The van der Waals surface area contributed by atoms with E-state index in [9.17, 15) is 18.0 Å².